The van der Waals surface area contributed by atoms with Crippen LogP contribution in [0.3, 0.4) is 0 Å². The lowest BCUT2D eigenvalue weighted by atomic mass is 9.69. The molecule has 0 spiro atoms. The Morgan fingerprint density at radius 3 is 2.23 bits per heavy atom. The predicted octanol–water partition coefficient (Wildman–Crippen LogP) is 7.46. The molecule has 0 bridgehead atoms. The van der Waals surface area contributed by atoms with Crippen LogP contribution in [-0.4, -0.2) is 30.9 Å². The minimum atomic E-state index is -0.214. The summed E-state index contributed by atoms with van der Waals surface area (Å²) >= 11 is 0. The van der Waals surface area contributed by atoms with Gasteiger partial charge in [0, 0.05) is 18.0 Å². The molecule has 4 rings (SSSR count). The maximum absolute atomic E-state index is 13.7. The average Bonchev–Trinajstić information content (AvgIpc) is 2.90. The Balaban J connectivity index is 0.00000342. The van der Waals surface area contributed by atoms with Crippen LogP contribution in [0.15, 0.2) is 91.5 Å². The highest BCUT2D eigenvalue weighted by Crippen LogP contribution is 2.43. The Labute approximate surface area is 211 Å². The molecule has 0 aliphatic carbocycles. The van der Waals surface area contributed by atoms with E-state index in [0.29, 0.717) is 0 Å². The molecule has 0 aromatic heterocycles. The van der Waals surface area contributed by atoms with Gasteiger partial charge in [0.25, 0.3) is 0 Å². The summed E-state index contributed by atoms with van der Waals surface area (Å²) in [5.41, 5.74) is 4.48. The second kappa shape index (κ2) is 12.0. The number of ketones is 1. The molecule has 1 atom stereocenters. The van der Waals surface area contributed by atoms with E-state index in [0.717, 1.165) is 55.8 Å². The van der Waals surface area contributed by atoms with E-state index in [9.17, 15) is 4.79 Å². The van der Waals surface area contributed by atoms with Crippen molar-refractivity contribution < 1.29 is 9.53 Å². The standard InChI is InChI=1S/C31H35NO2.CH4/c1-4-31(18-20-32(21-19-31)23-27-13-9-8-10-24(27)2)22-29(25-14-16-28(34-3)17-15-25)30(33)26-11-6-5-7-12-26;/h4-17,29H,1,18-23H2,2-3H3;1H4. The number of benzene rings is 3. The Hall–Kier alpha value is -3.17. The number of likely N-dealkylation sites (tertiary alicyclic amines) is 1. The van der Waals surface area contributed by atoms with Gasteiger partial charge in [-0.2, -0.15) is 0 Å². The molecule has 1 unspecified atom stereocenters. The lowest BCUT2D eigenvalue weighted by Gasteiger charge is -2.42. The number of carbonyl (C=O) groups is 1. The molecule has 3 nitrogen and oxygen atoms in total. The number of Topliss-reactive ketones (excluding diaryl/α,β-unsaturated/α-hetero) is 1. The first-order valence-electron chi connectivity index (χ1n) is 12.2. The van der Waals surface area contributed by atoms with Gasteiger partial charge in [-0.15, -0.1) is 6.58 Å². The van der Waals surface area contributed by atoms with Gasteiger partial charge in [-0.3, -0.25) is 9.69 Å². The van der Waals surface area contributed by atoms with E-state index in [-0.39, 0.29) is 24.5 Å². The third-order valence-corrected chi connectivity index (χ3v) is 7.44. The number of hydrogen-bond acceptors (Lipinski definition) is 3. The largest absolute Gasteiger partial charge is 0.497 e. The molecule has 1 fully saturated rings. The fraction of sp³-hybridized carbons (Fsp3) is 0.344. The summed E-state index contributed by atoms with van der Waals surface area (Å²) in [6.07, 6.45) is 4.91. The third kappa shape index (κ3) is 6.29. The van der Waals surface area contributed by atoms with Gasteiger partial charge in [-0.1, -0.05) is 80.2 Å². The highest BCUT2D eigenvalue weighted by molar-refractivity contribution is 6.01. The van der Waals surface area contributed by atoms with Gasteiger partial charge in [0.1, 0.15) is 5.75 Å². The van der Waals surface area contributed by atoms with Crippen molar-refractivity contribution in [1.29, 1.82) is 0 Å². The van der Waals surface area contributed by atoms with Gasteiger partial charge in [-0.25, -0.2) is 0 Å². The molecule has 184 valence electrons. The quantitative estimate of drug-likeness (QED) is 0.240. The van der Waals surface area contributed by atoms with Crippen LogP contribution in [0.4, 0.5) is 0 Å². The number of rotatable bonds is 9. The van der Waals surface area contributed by atoms with Crippen molar-refractivity contribution in [2.75, 3.05) is 20.2 Å². The fourth-order valence-corrected chi connectivity index (χ4v) is 5.08. The van der Waals surface area contributed by atoms with Crippen molar-refractivity contribution in [3.05, 3.63) is 114 Å². The van der Waals surface area contributed by atoms with E-state index in [1.807, 2.05) is 54.6 Å². The monoisotopic (exact) mass is 469 g/mol. The van der Waals surface area contributed by atoms with Crippen LogP contribution in [-0.2, 0) is 6.54 Å². The maximum atomic E-state index is 13.7. The normalized spacial score (nSPS) is 16.1. The smallest absolute Gasteiger partial charge is 0.170 e. The Morgan fingerprint density at radius 1 is 1.00 bits per heavy atom. The van der Waals surface area contributed by atoms with E-state index < -0.39 is 0 Å². The van der Waals surface area contributed by atoms with E-state index in [4.69, 9.17) is 4.74 Å². The second-order valence-corrected chi connectivity index (χ2v) is 9.53. The van der Waals surface area contributed by atoms with Crippen molar-refractivity contribution in [2.45, 2.75) is 46.1 Å². The molecular formula is C32H39NO2. The Kier molecular flexibility index (Phi) is 9.06. The fourth-order valence-electron chi connectivity index (χ4n) is 5.08. The molecule has 1 aliphatic heterocycles. The van der Waals surface area contributed by atoms with Crippen molar-refractivity contribution >= 4 is 5.78 Å². The van der Waals surface area contributed by atoms with E-state index in [1.54, 1.807) is 7.11 Å². The number of hydrogen-bond donors (Lipinski definition) is 0. The van der Waals surface area contributed by atoms with Gasteiger partial charge in [0.05, 0.1) is 7.11 Å². The molecule has 1 saturated heterocycles. The SMILES string of the molecule is C.C=CC1(CC(C(=O)c2ccccc2)c2ccc(OC)cc2)CCN(Cc2ccccc2C)CC1. The molecule has 0 N–H and O–H groups in total. The molecule has 3 aromatic carbocycles. The van der Waals surface area contributed by atoms with Crippen LogP contribution in [0.25, 0.3) is 0 Å². The topological polar surface area (TPSA) is 29.5 Å². The average molecular weight is 470 g/mol. The molecule has 0 radical (unpaired) electrons. The van der Waals surface area contributed by atoms with Crippen molar-refractivity contribution in [2.24, 2.45) is 5.41 Å². The minimum Gasteiger partial charge on any atom is -0.497 e. The van der Waals surface area contributed by atoms with Gasteiger partial charge in [-0.05, 0) is 73.5 Å². The Morgan fingerprint density at radius 2 is 1.63 bits per heavy atom. The summed E-state index contributed by atoms with van der Waals surface area (Å²) in [5.74, 6) is 0.765. The number of aryl methyl sites for hydroxylation is 1. The van der Waals surface area contributed by atoms with Gasteiger partial charge in [0.15, 0.2) is 5.78 Å². The van der Waals surface area contributed by atoms with Crippen LogP contribution in [0, 0.1) is 12.3 Å². The highest BCUT2D eigenvalue weighted by Gasteiger charge is 2.37. The van der Waals surface area contributed by atoms with Crippen molar-refractivity contribution in [3.8, 4) is 5.75 Å². The summed E-state index contributed by atoms with van der Waals surface area (Å²) in [7, 11) is 1.67. The first kappa shape index (κ1) is 26.4. The lowest BCUT2D eigenvalue weighted by Crippen LogP contribution is -2.40. The molecule has 1 aliphatic rings. The zero-order valence-electron chi connectivity index (χ0n) is 20.4. The van der Waals surface area contributed by atoms with E-state index in [1.165, 1.54) is 11.1 Å². The zero-order valence-corrected chi connectivity index (χ0v) is 20.4. The first-order chi connectivity index (χ1) is 16.5. The summed E-state index contributed by atoms with van der Waals surface area (Å²) in [6, 6.07) is 26.3. The van der Waals surface area contributed by atoms with Crippen LogP contribution in [0.2, 0.25) is 0 Å². The van der Waals surface area contributed by atoms with Crippen LogP contribution in [0.1, 0.15) is 59.7 Å². The van der Waals surface area contributed by atoms with E-state index in [2.05, 4.69) is 48.7 Å². The molecule has 0 saturated carbocycles. The molecule has 35 heavy (non-hydrogen) atoms. The minimum absolute atomic E-state index is 0. The highest BCUT2D eigenvalue weighted by atomic mass is 16.5. The summed E-state index contributed by atoms with van der Waals surface area (Å²) < 4.78 is 5.35. The van der Waals surface area contributed by atoms with Crippen molar-refractivity contribution in [3.63, 3.8) is 0 Å². The molecule has 0 amide bonds. The number of methoxy groups -OCH3 is 1. The van der Waals surface area contributed by atoms with Crippen molar-refractivity contribution in [1.82, 2.24) is 4.90 Å². The van der Waals surface area contributed by atoms with Crippen LogP contribution >= 0.6 is 0 Å². The van der Waals surface area contributed by atoms with Crippen LogP contribution in [0.5, 0.6) is 5.75 Å². The maximum Gasteiger partial charge on any atom is 0.170 e. The van der Waals surface area contributed by atoms with Gasteiger partial charge in [0.2, 0.25) is 0 Å². The predicted molar refractivity (Wildman–Crippen MR) is 146 cm³/mol. The number of carbonyl (C=O) groups excluding carboxylic acids is 1. The Bertz CT molecular complexity index is 1100. The van der Waals surface area contributed by atoms with E-state index >= 15 is 0 Å². The van der Waals surface area contributed by atoms with Gasteiger partial charge >= 0.3 is 0 Å². The van der Waals surface area contributed by atoms with Crippen LogP contribution < -0.4 is 4.74 Å². The molecular weight excluding hydrogens is 430 g/mol. The molecule has 3 heteroatoms. The lowest BCUT2D eigenvalue weighted by molar-refractivity contribution is 0.0874. The third-order valence-electron chi connectivity index (χ3n) is 7.44. The number of nitrogens with zero attached hydrogens (tertiary/aromatic N) is 1. The summed E-state index contributed by atoms with van der Waals surface area (Å²) in [6.45, 7) is 9.41. The first-order valence-corrected chi connectivity index (χ1v) is 12.2. The number of allylic oxidation sites excluding steroid dienone is 1. The number of ether oxygens (including phenoxy) is 1. The summed E-state index contributed by atoms with van der Waals surface area (Å²) in [5, 5.41) is 0. The zero-order chi connectivity index (χ0) is 24.0. The number of piperidine rings is 1. The summed E-state index contributed by atoms with van der Waals surface area (Å²) in [4.78, 5) is 16.2. The molecule has 1 heterocycles. The molecule has 3 aromatic rings. The van der Waals surface area contributed by atoms with Gasteiger partial charge < -0.3 is 4.74 Å². The second-order valence-electron chi connectivity index (χ2n) is 9.53.